The van der Waals surface area contributed by atoms with Gasteiger partial charge in [0.15, 0.2) is 0 Å². The van der Waals surface area contributed by atoms with E-state index in [-0.39, 0.29) is 17.7 Å². The first-order valence-corrected chi connectivity index (χ1v) is 5.62. The van der Waals surface area contributed by atoms with Crippen LogP contribution in [0.25, 0.3) is 0 Å². The summed E-state index contributed by atoms with van der Waals surface area (Å²) in [6.07, 6.45) is 3.09. The molecule has 4 heteroatoms. The number of nitrogens with one attached hydrogen (secondary N) is 1. The normalized spacial score (nSPS) is 12.6. The molecule has 1 N–H and O–H groups in total. The number of thioether (sulfide) groups is 1. The SMILES string of the molecule is CSCCC(C)NC(=O)CS. The molecule has 0 aliphatic carbocycles. The fourth-order valence-corrected chi connectivity index (χ4v) is 1.37. The summed E-state index contributed by atoms with van der Waals surface area (Å²) in [7, 11) is 0. The second-order valence-electron chi connectivity index (χ2n) is 2.41. The molecule has 1 amide bonds. The lowest BCUT2D eigenvalue weighted by atomic mass is 10.2. The first-order chi connectivity index (χ1) is 5.20. The van der Waals surface area contributed by atoms with Crippen LogP contribution in [0.1, 0.15) is 13.3 Å². The predicted octanol–water partition coefficient (Wildman–Crippen LogP) is 1.17. The van der Waals surface area contributed by atoms with Crippen molar-refractivity contribution in [3.63, 3.8) is 0 Å². The molecule has 0 aliphatic heterocycles. The number of rotatable bonds is 5. The summed E-state index contributed by atoms with van der Waals surface area (Å²) < 4.78 is 0. The van der Waals surface area contributed by atoms with Crippen LogP contribution in [-0.4, -0.2) is 29.7 Å². The average molecular weight is 193 g/mol. The molecule has 2 nitrogen and oxygen atoms in total. The molecule has 0 spiro atoms. The van der Waals surface area contributed by atoms with Crippen molar-refractivity contribution in [2.24, 2.45) is 0 Å². The Morgan fingerprint density at radius 2 is 2.36 bits per heavy atom. The second kappa shape index (κ2) is 6.85. The summed E-state index contributed by atoms with van der Waals surface area (Å²) in [5.74, 6) is 1.39. The highest BCUT2D eigenvalue weighted by Gasteiger charge is 2.03. The maximum Gasteiger partial charge on any atom is 0.229 e. The number of hydrogen-bond acceptors (Lipinski definition) is 3. The minimum Gasteiger partial charge on any atom is -0.353 e. The van der Waals surface area contributed by atoms with Gasteiger partial charge in [0.2, 0.25) is 5.91 Å². The Kier molecular flexibility index (Phi) is 6.96. The molecule has 1 atom stereocenters. The van der Waals surface area contributed by atoms with Gasteiger partial charge in [-0.2, -0.15) is 24.4 Å². The third-order valence-electron chi connectivity index (χ3n) is 1.31. The van der Waals surface area contributed by atoms with Gasteiger partial charge in [0.1, 0.15) is 0 Å². The standard InChI is InChI=1S/C7H15NOS2/c1-6(3-4-11-2)8-7(9)5-10/h6,10H,3-5H2,1-2H3,(H,8,9). The van der Waals surface area contributed by atoms with E-state index in [2.05, 4.69) is 24.2 Å². The first kappa shape index (κ1) is 11.2. The van der Waals surface area contributed by atoms with Crippen LogP contribution >= 0.6 is 24.4 Å². The van der Waals surface area contributed by atoms with Crippen molar-refractivity contribution in [3.8, 4) is 0 Å². The van der Waals surface area contributed by atoms with Crippen LogP contribution in [0.3, 0.4) is 0 Å². The van der Waals surface area contributed by atoms with Crippen LogP contribution in [-0.2, 0) is 4.79 Å². The Morgan fingerprint density at radius 3 is 2.82 bits per heavy atom. The Morgan fingerprint density at radius 1 is 1.73 bits per heavy atom. The molecule has 0 bridgehead atoms. The summed E-state index contributed by atoms with van der Waals surface area (Å²) in [5, 5.41) is 2.84. The lowest BCUT2D eigenvalue weighted by molar-refractivity contribution is -0.119. The maximum absolute atomic E-state index is 10.8. The number of hydrogen-bond donors (Lipinski definition) is 2. The summed E-state index contributed by atoms with van der Waals surface area (Å²) in [6, 6.07) is 0.280. The van der Waals surface area contributed by atoms with Crippen LogP contribution in [0.4, 0.5) is 0 Å². The van der Waals surface area contributed by atoms with E-state index >= 15 is 0 Å². The quantitative estimate of drug-likeness (QED) is 0.642. The largest absolute Gasteiger partial charge is 0.353 e. The van der Waals surface area contributed by atoms with Gasteiger partial charge in [0.25, 0.3) is 0 Å². The Hall–Kier alpha value is 0.170. The summed E-state index contributed by atoms with van der Waals surface area (Å²) >= 11 is 5.66. The molecule has 0 aromatic rings. The van der Waals surface area contributed by atoms with Crippen LogP contribution in [0, 0.1) is 0 Å². The number of carbonyl (C=O) groups is 1. The zero-order chi connectivity index (χ0) is 8.69. The van der Waals surface area contributed by atoms with E-state index in [0.717, 1.165) is 12.2 Å². The molecular weight excluding hydrogens is 178 g/mol. The molecule has 66 valence electrons. The minimum absolute atomic E-state index is 0.0157. The Labute approximate surface area is 77.9 Å². The molecule has 0 aromatic heterocycles. The topological polar surface area (TPSA) is 29.1 Å². The van der Waals surface area contributed by atoms with Gasteiger partial charge in [-0.15, -0.1) is 0 Å². The molecular formula is C7H15NOS2. The number of amides is 1. The monoisotopic (exact) mass is 193 g/mol. The van der Waals surface area contributed by atoms with Crippen molar-refractivity contribution < 1.29 is 4.79 Å². The molecule has 0 saturated heterocycles. The van der Waals surface area contributed by atoms with Crippen molar-refractivity contribution in [2.45, 2.75) is 19.4 Å². The van der Waals surface area contributed by atoms with Gasteiger partial charge >= 0.3 is 0 Å². The van der Waals surface area contributed by atoms with Gasteiger partial charge in [-0.25, -0.2) is 0 Å². The maximum atomic E-state index is 10.8. The fourth-order valence-electron chi connectivity index (χ4n) is 0.687. The van der Waals surface area contributed by atoms with Crippen molar-refractivity contribution in [1.29, 1.82) is 0 Å². The van der Waals surface area contributed by atoms with E-state index in [9.17, 15) is 4.79 Å². The molecule has 0 rings (SSSR count). The minimum atomic E-state index is 0.0157. The summed E-state index contributed by atoms with van der Waals surface area (Å²) in [4.78, 5) is 10.8. The van der Waals surface area contributed by atoms with E-state index < -0.39 is 0 Å². The highest BCUT2D eigenvalue weighted by Crippen LogP contribution is 1.99. The van der Waals surface area contributed by atoms with Crippen molar-refractivity contribution in [1.82, 2.24) is 5.32 Å². The molecule has 1 unspecified atom stereocenters. The van der Waals surface area contributed by atoms with Crippen LogP contribution in [0.2, 0.25) is 0 Å². The van der Waals surface area contributed by atoms with E-state index in [1.165, 1.54) is 0 Å². The van der Waals surface area contributed by atoms with Crippen LogP contribution in [0.5, 0.6) is 0 Å². The highest BCUT2D eigenvalue weighted by molar-refractivity contribution is 7.98. The lowest BCUT2D eigenvalue weighted by Crippen LogP contribution is -2.33. The van der Waals surface area contributed by atoms with Crippen molar-refractivity contribution in [2.75, 3.05) is 17.8 Å². The van der Waals surface area contributed by atoms with Gasteiger partial charge < -0.3 is 5.32 Å². The van der Waals surface area contributed by atoms with Gasteiger partial charge in [0, 0.05) is 6.04 Å². The molecule has 0 heterocycles. The average Bonchev–Trinajstić information content (AvgIpc) is 2.00. The fraction of sp³-hybridized carbons (Fsp3) is 0.857. The second-order valence-corrected chi connectivity index (χ2v) is 3.71. The zero-order valence-electron chi connectivity index (χ0n) is 6.96. The highest BCUT2D eigenvalue weighted by atomic mass is 32.2. The summed E-state index contributed by atoms with van der Waals surface area (Å²) in [6.45, 7) is 2.01. The van der Waals surface area contributed by atoms with Crippen molar-refractivity contribution >= 4 is 30.3 Å². The Balaban J connectivity index is 3.35. The van der Waals surface area contributed by atoms with E-state index in [0.29, 0.717) is 0 Å². The van der Waals surface area contributed by atoms with Gasteiger partial charge in [-0.1, -0.05) is 0 Å². The summed E-state index contributed by atoms with van der Waals surface area (Å²) in [5.41, 5.74) is 0. The molecule has 0 saturated carbocycles. The lowest BCUT2D eigenvalue weighted by Gasteiger charge is -2.11. The van der Waals surface area contributed by atoms with Crippen molar-refractivity contribution in [3.05, 3.63) is 0 Å². The van der Waals surface area contributed by atoms with Gasteiger partial charge in [-0.05, 0) is 25.4 Å². The van der Waals surface area contributed by atoms with Crippen LogP contribution in [0.15, 0.2) is 0 Å². The van der Waals surface area contributed by atoms with Gasteiger partial charge in [-0.3, -0.25) is 4.79 Å². The van der Waals surface area contributed by atoms with E-state index in [1.54, 1.807) is 11.8 Å². The number of carbonyl (C=O) groups excluding carboxylic acids is 1. The first-order valence-electron chi connectivity index (χ1n) is 3.60. The van der Waals surface area contributed by atoms with E-state index in [1.807, 2.05) is 6.92 Å². The smallest absolute Gasteiger partial charge is 0.229 e. The molecule has 11 heavy (non-hydrogen) atoms. The molecule has 0 fully saturated rings. The van der Waals surface area contributed by atoms with Crippen LogP contribution < -0.4 is 5.32 Å². The third-order valence-corrected chi connectivity index (χ3v) is 2.24. The molecule has 0 radical (unpaired) electrons. The molecule has 0 aliphatic rings. The predicted molar refractivity (Wildman–Crippen MR) is 54.5 cm³/mol. The van der Waals surface area contributed by atoms with E-state index in [4.69, 9.17) is 0 Å². The Bertz CT molecular complexity index is 119. The zero-order valence-corrected chi connectivity index (χ0v) is 8.67. The molecule has 0 aromatic carbocycles. The third kappa shape index (κ3) is 6.56. The van der Waals surface area contributed by atoms with Gasteiger partial charge in [0.05, 0.1) is 5.75 Å². The number of thiol groups is 1.